The first-order chi connectivity index (χ1) is 14.5. The van der Waals surface area contributed by atoms with Crippen molar-refractivity contribution in [2.75, 3.05) is 18.8 Å². The van der Waals surface area contributed by atoms with Gasteiger partial charge in [-0.15, -0.1) is 0 Å². The number of halogens is 1. The van der Waals surface area contributed by atoms with Crippen LogP contribution < -0.4 is 5.73 Å². The Morgan fingerprint density at radius 2 is 2.03 bits per heavy atom. The lowest BCUT2D eigenvalue weighted by Gasteiger charge is -2.17. The van der Waals surface area contributed by atoms with E-state index in [0.29, 0.717) is 36.1 Å². The molecule has 6 nitrogen and oxygen atoms in total. The number of carbonyl (C=O) groups is 1. The third kappa shape index (κ3) is 4.45. The van der Waals surface area contributed by atoms with Crippen LogP contribution in [-0.4, -0.2) is 38.8 Å². The lowest BCUT2D eigenvalue weighted by molar-refractivity contribution is -0.129. The van der Waals surface area contributed by atoms with Crippen LogP contribution in [0.15, 0.2) is 48.8 Å². The topological polar surface area (TPSA) is 85.0 Å². The number of anilines is 1. The number of hydrogen-bond donors (Lipinski definition) is 1. The lowest BCUT2D eigenvalue weighted by Crippen LogP contribution is -2.31. The second kappa shape index (κ2) is 8.57. The zero-order chi connectivity index (χ0) is 21.1. The fourth-order valence-electron chi connectivity index (χ4n) is 3.89. The standard InChI is InChI=1S/C23H24FN5O/c1-15-11-17(24)3-4-18(15)20-6-5-19(25)21(28-20)13-23(30)29-10-7-16(14-29)12-22-26-8-2-9-27-22/h2-6,8-9,11,16H,7,10,12-14,25H2,1H3. The van der Waals surface area contributed by atoms with Crippen molar-refractivity contribution in [1.82, 2.24) is 19.9 Å². The molecule has 0 radical (unpaired) electrons. The summed E-state index contributed by atoms with van der Waals surface area (Å²) < 4.78 is 13.4. The van der Waals surface area contributed by atoms with Gasteiger partial charge in [-0.25, -0.2) is 14.4 Å². The SMILES string of the molecule is Cc1cc(F)ccc1-c1ccc(N)c(CC(=O)N2CCC(Cc3ncccn3)C2)n1. The summed E-state index contributed by atoms with van der Waals surface area (Å²) in [5, 5.41) is 0. The van der Waals surface area contributed by atoms with Crippen molar-refractivity contribution in [3.05, 3.63) is 71.7 Å². The number of rotatable bonds is 5. The van der Waals surface area contributed by atoms with Gasteiger partial charge in [-0.2, -0.15) is 0 Å². The van der Waals surface area contributed by atoms with Gasteiger partial charge in [-0.05, 0) is 61.2 Å². The van der Waals surface area contributed by atoms with Crippen molar-refractivity contribution in [2.24, 2.45) is 5.92 Å². The van der Waals surface area contributed by atoms with Crippen LogP contribution in [0.4, 0.5) is 10.1 Å². The van der Waals surface area contributed by atoms with Crippen molar-refractivity contribution >= 4 is 11.6 Å². The molecule has 0 aliphatic carbocycles. The molecule has 30 heavy (non-hydrogen) atoms. The van der Waals surface area contributed by atoms with Crippen LogP contribution in [0, 0.1) is 18.7 Å². The Hall–Kier alpha value is -3.35. The average Bonchev–Trinajstić information content (AvgIpc) is 3.19. The predicted octanol–water partition coefficient (Wildman–Crippen LogP) is 3.20. The summed E-state index contributed by atoms with van der Waals surface area (Å²) in [6.07, 6.45) is 5.33. The number of aromatic nitrogens is 3. The highest BCUT2D eigenvalue weighted by atomic mass is 19.1. The molecule has 3 aromatic rings. The molecule has 7 heteroatoms. The molecule has 0 spiro atoms. The summed E-state index contributed by atoms with van der Waals surface area (Å²) in [6, 6.07) is 9.94. The lowest BCUT2D eigenvalue weighted by atomic mass is 10.0. The van der Waals surface area contributed by atoms with Gasteiger partial charge >= 0.3 is 0 Å². The minimum atomic E-state index is -0.286. The second-order valence-electron chi connectivity index (χ2n) is 7.73. The van der Waals surface area contributed by atoms with E-state index in [1.54, 1.807) is 36.7 Å². The molecule has 3 heterocycles. The van der Waals surface area contributed by atoms with Gasteiger partial charge in [0.1, 0.15) is 11.6 Å². The van der Waals surface area contributed by atoms with Crippen LogP contribution in [0.5, 0.6) is 0 Å². The Morgan fingerprint density at radius 3 is 2.80 bits per heavy atom. The number of nitrogens with two attached hydrogens (primary N) is 1. The predicted molar refractivity (Wildman–Crippen MR) is 113 cm³/mol. The van der Waals surface area contributed by atoms with Crippen LogP contribution in [0.25, 0.3) is 11.3 Å². The normalized spacial score (nSPS) is 16.1. The molecule has 0 bridgehead atoms. The number of pyridine rings is 1. The molecular weight excluding hydrogens is 381 g/mol. The molecule has 1 aliphatic heterocycles. The number of benzene rings is 1. The number of nitrogens with zero attached hydrogens (tertiary/aromatic N) is 4. The molecule has 1 atom stereocenters. The maximum absolute atomic E-state index is 13.4. The van der Waals surface area contributed by atoms with Crippen LogP contribution in [-0.2, 0) is 17.6 Å². The molecule has 1 unspecified atom stereocenters. The van der Waals surface area contributed by atoms with E-state index in [1.165, 1.54) is 12.1 Å². The number of nitrogen functional groups attached to an aromatic ring is 1. The van der Waals surface area contributed by atoms with Crippen LogP contribution >= 0.6 is 0 Å². The fraction of sp³-hybridized carbons (Fsp3) is 0.304. The zero-order valence-corrected chi connectivity index (χ0v) is 16.9. The highest BCUT2D eigenvalue weighted by molar-refractivity contribution is 5.80. The first kappa shape index (κ1) is 19.9. The number of aryl methyl sites for hydroxylation is 1. The van der Waals surface area contributed by atoms with Gasteiger partial charge in [0.05, 0.1) is 23.5 Å². The van der Waals surface area contributed by atoms with Gasteiger partial charge in [-0.1, -0.05) is 0 Å². The Labute approximate surface area is 175 Å². The summed E-state index contributed by atoms with van der Waals surface area (Å²) in [5.74, 6) is 0.894. The van der Waals surface area contributed by atoms with Gasteiger partial charge in [-0.3, -0.25) is 9.78 Å². The number of likely N-dealkylation sites (tertiary alicyclic amines) is 1. The summed E-state index contributed by atoms with van der Waals surface area (Å²) in [7, 11) is 0. The number of hydrogen-bond acceptors (Lipinski definition) is 5. The molecule has 4 rings (SSSR count). The van der Waals surface area contributed by atoms with Crippen molar-refractivity contribution in [3.63, 3.8) is 0 Å². The van der Waals surface area contributed by atoms with Gasteiger partial charge in [0.25, 0.3) is 0 Å². The van der Waals surface area contributed by atoms with Crippen molar-refractivity contribution in [2.45, 2.75) is 26.2 Å². The molecule has 1 fully saturated rings. The quantitative estimate of drug-likeness (QED) is 0.705. The fourth-order valence-corrected chi connectivity index (χ4v) is 3.89. The largest absolute Gasteiger partial charge is 0.397 e. The molecule has 1 aromatic carbocycles. The summed E-state index contributed by atoms with van der Waals surface area (Å²) in [6.45, 7) is 3.24. The van der Waals surface area contributed by atoms with E-state index < -0.39 is 0 Å². The van der Waals surface area contributed by atoms with Crippen molar-refractivity contribution < 1.29 is 9.18 Å². The maximum atomic E-state index is 13.4. The third-order valence-electron chi connectivity index (χ3n) is 5.52. The maximum Gasteiger partial charge on any atom is 0.228 e. The Morgan fingerprint density at radius 1 is 1.23 bits per heavy atom. The molecule has 154 valence electrons. The molecular formula is C23H24FN5O. The van der Waals surface area contributed by atoms with E-state index >= 15 is 0 Å². The zero-order valence-electron chi connectivity index (χ0n) is 16.9. The first-order valence-electron chi connectivity index (χ1n) is 10.0. The van der Waals surface area contributed by atoms with E-state index in [2.05, 4.69) is 15.0 Å². The van der Waals surface area contributed by atoms with E-state index in [4.69, 9.17) is 5.73 Å². The third-order valence-corrected chi connectivity index (χ3v) is 5.52. The number of carbonyl (C=O) groups excluding carboxylic acids is 1. The van der Waals surface area contributed by atoms with E-state index in [-0.39, 0.29) is 18.1 Å². The summed E-state index contributed by atoms with van der Waals surface area (Å²) in [5.41, 5.74) is 9.43. The van der Waals surface area contributed by atoms with E-state index in [1.807, 2.05) is 11.8 Å². The second-order valence-corrected chi connectivity index (χ2v) is 7.73. The van der Waals surface area contributed by atoms with Crippen molar-refractivity contribution in [3.8, 4) is 11.3 Å². The average molecular weight is 405 g/mol. The first-order valence-corrected chi connectivity index (χ1v) is 10.0. The van der Waals surface area contributed by atoms with Crippen LogP contribution in [0.1, 0.15) is 23.5 Å². The van der Waals surface area contributed by atoms with Gasteiger partial charge in [0, 0.05) is 37.5 Å². The van der Waals surface area contributed by atoms with Crippen molar-refractivity contribution in [1.29, 1.82) is 0 Å². The molecule has 2 aromatic heterocycles. The highest BCUT2D eigenvalue weighted by Gasteiger charge is 2.27. The Kier molecular flexibility index (Phi) is 5.70. The molecule has 1 saturated heterocycles. The minimum absolute atomic E-state index is 0.0126. The number of amides is 1. The molecule has 0 saturated carbocycles. The van der Waals surface area contributed by atoms with E-state index in [9.17, 15) is 9.18 Å². The molecule has 2 N–H and O–H groups in total. The molecule has 1 amide bonds. The smallest absolute Gasteiger partial charge is 0.228 e. The Balaban J connectivity index is 1.44. The summed E-state index contributed by atoms with van der Waals surface area (Å²) in [4.78, 5) is 27.9. The van der Waals surface area contributed by atoms with Crippen LogP contribution in [0.2, 0.25) is 0 Å². The highest BCUT2D eigenvalue weighted by Crippen LogP contribution is 2.26. The monoisotopic (exact) mass is 405 g/mol. The van der Waals surface area contributed by atoms with Crippen LogP contribution in [0.3, 0.4) is 0 Å². The molecule has 1 aliphatic rings. The van der Waals surface area contributed by atoms with Gasteiger partial charge < -0.3 is 10.6 Å². The summed E-state index contributed by atoms with van der Waals surface area (Å²) >= 11 is 0. The Bertz CT molecular complexity index is 1060. The van der Waals surface area contributed by atoms with E-state index in [0.717, 1.165) is 29.8 Å². The van der Waals surface area contributed by atoms with Gasteiger partial charge in [0.15, 0.2) is 0 Å². The van der Waals surface area contributed by atoms with Gasteiger partial charge in [0.2, 0.25) is 5.91 Å². The minimum Gasteiger partial charge on any atom is -0.397 e.